The van der Waals surface area contributed by atoms with Crippen molar-refractivity contribution in [2.45, 2.75) is 13.0 Å². The van der Waals surface area contributed by atoms with E-state index in [0.717, 1.165) is 5.56 Å². The number of rotatable bonds is 8. The Hall–Kier alpha value is -2.65. The second kappa shape index (κ2) is 11.5. The van der Waals surface area contributed by atoms with Gasteiger partial charge in [-0.25, -0.2) is 5.43 Å². The van der Waals surface area contributed by atoms with Gasteiger partial charge in [0.15, 0.2) is 5.75 Å². The largest absolute Gasteiger partial charge is 0.486 e. The molecule has 0 aliphatic rings. The highest BCUT2D eigenvalue weighted by Crippen LogP contribution is 2.35. The molecule has 0 aliphatic heterocycles. The fourth-order valence-electron chi connectivity index (χ4n) is 2.81. The van der Waals surface area contributed by atoms with Crippen LogP contribution in [0.5, 0.6) is 5.75 Å². The first kappa shape index (κ1) is 25.0. The molecule has 0 fully saturated rings. The fourth-order valence-corrected chi connectivity index (χ4v) is 4.12. The van der Waals surface area contributed by atoms with Crippen LogP contribution in [0, 0.1) is 10.1 Å². The van der Waals surface area contributed by atoms with E-state index in [0.29, 0.717) is 36.4 Å². The number of hydrogen-bond donors (Lipinski definition) is 1. The first-order valence-electron chi connectivity index (χ1n) is 9.34. The molecular formula is C22H15BrCl3N3O4. The third kappa shape index (κ3) is 6.91. The number of ether oxygens (including phenoxy) is 1. The minimum Gasteiger partial charge on any atom is -0.486 e. The number of amides is 1. The number of nitrogens with one attached hydrogen (secondary N) is 1. The zero-order valence-electron chi connectivity index (χ0n) is 16.7. The first-order chi connectivity index (χ1) is 15.7. The number of halogens is 4. The van der Waals surface area contributed by atoms with Crippen LogP contribution in [0.15, 0.2) is 64.2 Å². The second-order valence-corrected chi connectivity index (χ2v) is 8.78. The number of nitro groups is 1. The third-order valence-corrected chi connectivity index (χ3v) is 5.94. The highest BCUT2D eigenvalue weighted by molar-refractivity contribution is 9.10. The Bertz CT molecular complexity index is 1210. The van der Waals surface area contributed by atoms with Crippen LogP contribution in [0.2, 0.25) is 15.1 Å². The average molecular weight is 572 g/mol. The summed E-state index contributed by atoms with van der Waals surface area (Å²) in [5.41, 5.74) is 3.94. The van der Waals surface area contributed by atoms with Crippen molar-refractivity contribution in [1.82, 2.24) is 5.43 Å². The predicted molar refractivity (Wildman–Crippen MR) is 132 cm³/mol. The van der Waals surface area contributed by atoms with Gasteiger partial charge in [0, 0.05) is 11.6 Å². The van der Waals surface area contributed by atoms with Crippen molar-refractivity contribution in [2.75, 3.05) is 0 Å². The van der Waals surface area contributed by atoms with Gasteiger partial charge in [0.25, 0.3) is 5.69 Å². The lowest BCUT2D eigenvalue weighted by Gasteiger charge is -2.11. The summed E-state index contributed by atoms with van der Waals surface area (Å²) in [6, 6.07) is 14.6. The Kier molecular flexibility index (Phi) is 8.68. The highest BCUT2D eigenvalue weighted by Gasteiger charge is 2.15. The smallest absolute Gasteiger partial charge is 0.273 e. The first-order valence-corrected chi connectivity index (χ1v) is 11.3. The van der Waals surface area contributed by atoms with Crippen molar-refractivity contribution in [3.05, 3.63) is 101 Å². The van der Waals surface area contributed by atoms with Gasteiger partial charge in [-0.1, -0.05) is 59.1 Å². The van der Waals surface area contributed by atoms with Gasteiger partial charge in [-0.2, -0.15) is 5.10 Å². The quantitative estimate of drug-likeness (QED) is 0.188. The molecule has 0 radical (unpaired) electrons. The number of para-hydroxylation sites is 1. The van der Waals surface area contributed by atoms with E-state index in [1.54, 1.807) is 36.4 Å². The van der Waals surface area contributed by atoms with Gasteiger partial charge in [-0.05, 0) is 51.3 Å². The molecule has 1 N–H and O–H groups in total. The summed E-state index contributed by atoms with van der Waals surface area (Å²) < 4.78 is 6.38. The van der Waals surface area contributed by atoms with Crippen molar-refractivity contribution in [2.24, 2.45) is 5.10 Å². The van der Waals surface area contributed by atoms with Crippen LogP contribution in [0.1, 0.15) is 16.7 Å². The van der Waals surface area contributed by atoms with Crippen LogP contribution in [0.25, 0.3) is 0 Å². The molecule has 170 valence electrons. The molecule has 3 aromatic carbocycles. The van der Waals surface area contributed by atoms with Gasteiger partial charge in [0.05, 0.1) is 37.1 Å². The molecule has 0 spiro atoms. The van der Waals surface area contributed by atoms with E-state index in [4.69, 9.17) is 39.5 Å². The van der Waals surface area contributed by atoms with Crippen molar-refractivity contribution in [3.63, 3.8) is 0 Å². The van der Waals surface area contributed by atoms with Crippen LogP contribution < -0.4 is 10.2 Å². The maximum absolute atomic E-state index is 12.1. The molecule has 0 atom stereocenters. The average Bonchev–Trinajstić information content (AvgIpc) is 2.76. The molecule has 0 bridgehead atoms. The Morgan fingerprint density at radius 1 is 1.09 bits per heavy atom. The van der Waals surface area contributed by atoms with Crippen LogP contribution in [0.4, 0.5) is 5.69 Å². The molecule has 0 heterocycles. The lowest BCUT2D eigenvalue weighted by Crippen LogP contribution is -2.20. The molecule has 0 unspecified atom stereocenters. The summed E-state index contributed by atoms with van der Waals surface area (Å²) in [5.74, 6) is -0.0624. The van der Waals surface area contributed by atoms with Crippen LogP contribution in [0.3, 0.4) is 0 Å². The number of carbonyl (C=O) groups excluding carboxylic acids is 1. The summed E-state index contributed by atoms with van der Waals surface area (Å²) >= 11 is 21.7. The number of benzene rings is 3. The normalized spacial score (nSPS) is 10.9. The fraction of sp³-hybridized carbons (Fsp3) is 0.0909. The molecule has 0 saturated heterocycles. The van der Waals surface area contributed by atoms with Crippen molar-refractivity contribution < 1.29 is 14.5 Å². The van der Waals surface area contributed by atoms with Gasteiger partial charge in [-0.3, -0.25) is 14.9 Å². The highest BCUT2D eigenvalue weighted by atomic mass is 79.9. The summed E-state index contributed by atoms with van der Waals surface area (Å²) in [7, 11) is 0. The molecule has 7 nitrogen and oxygen atoms in total. The second-order valence-electron chi connectivity index (χ2n) is 6.71. The zero-order valence-corrected chi connectivity index (χ0v) is 20.6. The van der Waals surface area contributed by atoms with E-state index in [1.165, 1.54) is 24.4 Å². The number of carbonyl (C=O) groups is 1. The van der Waals surface area contributed by atoms with Crippen molar-refractivity contribution in [1.29, 1.82) is 0 Å². The summed E-state index contributed by atoms with van der Waals surface area (Å²) in [5, 5.41) is 16.2. The number of nitro benzene ring substituents is 1. The summed E-state index contributed by atoms with van der Waals surface area (Å²) in [6.45, 7) is 0.227. The van der Waals surface area contributed by atoms with Crippen molar-refractivity contribution in [3.8, 4) is 5.75 Å². The zero-order chi connectivity index (χ0) is 24.0. The van der Waals surface area contributed by atoms with Crippen LogP contribution >= 0.6 is 50.7 Å². The van der Waals surface area contributed by atoms with E-state index >= 15 is 0 Å². The van der Waals surface area contributed by atoms with E-state index in [9.17, 15) is 14.9 Å². The van der Waals surface area contributed by atoms with Crippen LogP contribution in [-0.4, -0.2) is 17.0 Å². The van der Waals surface area contributed by atoms with Gasteiger partial charge in [0.2, 0.25) is 5.91 Å². The van der Waals surface area contributed by atoms with Gasteiger partial charge >= 0.3 is 0 Å². The third-order valence-electron chi connectivity index (χ3n) is 4.33. The molecule has 0 aromatic heterocycles. The van der Waals surface area contributed by atoms with E-state index in [2.05, 4.69) is 26.5 Å². The minimum atomic E-state index is -0.531. The molecule has 33 heavy (non-hydrogen) atoms. The molecule has 0 aliphatic carbocycles. The Morgan fingerprint density at radius 2 is 1.85 bits per heavy atom. The number of nitrogens with zero attached hydrogens (tertiary/aromatic N) is 2. The van der Waals surface area contributed by atoms with E-state index in [-0.39, 0.29) is 18.7 Å². The Labute approximate surface area is 212 Å². The van der Waals surface area contributed by atoms with E-state index in [1.807, 2.05) is 0 Å². The number of hydrazone groups is 1. The number of hydrogen-bond acceptors (Lipinski definition) is 5. The molecule has 1 amide bonds. The van der Waals surface area contributed by atoms with Crippen LogP contribution in [-0.2, 0) is 17.8 Å². The standard InChI is InChI=1S/C22H15BrCl3N3O4/c23-16-7-14(9-19(26)22(16)33-12-13-5-6-17(24)18(25)8-13)11-27-28-21(30)10-15-3-1-2-4-20(15)29(31)32/h1-9,11H,10,12H2,(H,28,30)/b27-11+. The van der Waals surface area contributed by atoms with Crippen molar-refractivity contribution >= 4 is 68.5 Å². The molecule has 3 rings (SSSR count). The Morgan fingerprint density at radius 3 is 2.55 bits per heavy atom. The Balaban J connectivity index is 1.62. The molecule has 0 saturated carbocycles. The maximum Gasteiger partial charge on any atom is 0.273 e. The topological polar surface area (TPSA) is 93.8 Å². The SMILES string of the molecule is O=C(Cc1ccccc1[N+](=O)[O-])N/N=C/c1cc(Cl)c(OCc2ccc(Cl)c(Cl)c2)c(Br)c1. The van der Waals surface area contributed by atoms with Gasteiger partial charge in [-0.15, -0.1) is 0 Å². The monoisotopic (exact) mass is 569 g/mol. The predicted octanol–water partition coefficient (Wildman–Crippen LogP) is 6.59. The molecule has 3 aromatic rings. The minimum absolute atomic E-state index is 0.121. The molecular weight excluding hydrogens is 557 g/mol. The molecule has 11 heteroatoms. The lowest BCUT2D eigenvalue weighted by atomic mass is 10.1. The van der Waals surface area contributed by atoms with Gasteiger partial charge in [0.1, 0.15) is 6.61 Å². The van der Waals surface area contributed by atoms with E-state index < -0.39 is 10.8 Å². The summed E-state index contributed by atoms with van der Waals surface area (Å²) in [6.07, 6.45) is 1.22. The maximum atomic E-state index is 12.1. The lowest BCUT2D eigenvalue weighted by molar-refractivity contribution is -0.385. The summed E-state index contributed by atoms with van der Waals surface area (Å²) in [4.78, 5) is 22.6. The van der Waals surface area contributed by atoms with Gasteiger partial charge < -0.3 is 4.74 Å².